The van der Waals surface area contributed by atoms with Crippen molar-refractivity contribution in [2.75, 3.05) is 26.7 Å². The van der Waals surface area contributed by atoms with Crippen molar-refractivity contribution in [3.05, 3.63) is 35.1 Å². The summed E-state index contributed by atoms with van der Waals surface area (Å²) in [5, 5.41) is 3.11. The first-order chi connectivity index (χ1) is 9.40. The average molecular weight is 290 g/mol. The molecule has 1 heterocycles. The van der Waals surface area contributed by atoms with Crippen LogP contribution in [0.3, 0.4) is 0 Å². The summed E-state index contributed by atoms with van der Waals surface area (Å²) in [7, 11) is 1.89. The number of alkyl halides is 3. The fraction of sp³-hybridized carbons (Fsp3) is 0.571. The van der Waals surface area contributed by atoms with Gasteiger partial charge in [-0.15, -0.1) is 0 Å². The Labute approximate surface area is 115 Å². The third kappa shape index (κ3) is 3.70. The van der Waals surface area contributed by atoms with Gasteiger partial charge in [0.25, 0.3) is 0 Å². The van der Waals surface area contributed by atoms with Gasteiger partial charge in [0.15, 0.2) is 0 Å². The highest BCUT2D eigenvalue weighted by atomic mass is 19.4. The Hall–Kier alpha value is -1.14. The number of benzene rings is 1. The third-order valence-corrected chi connectivity index (χ3v) is 3.61. The first-order valence-electron chi connectivity index (χ1n) is 6.62. The van der Waals surface area contributed by atoms with E-state index in [-0.39, 0.29) is 0 Å². The van der Waals surface area contributed by atoms with Crippen molar-refractivity contribution in [3.63, 3.8) is 0 Å². The van der Waals surface area contributed by atoms with Crippen LogP contribution in [-0.2, 0) is 12.7 Å². The quantitative estimate of drug-likeness (QED) is 0.858. The molecule has 1 N–H and O–H groups in total. The second kappa shape index (κ2) is 6.10. The Morgan fingerprint density at radius 1 is 1.35 bits per heavy atom. The zero-order valence-corrected chi connectivity index (χ0v) is 11.3. The molecule has 0 radical (unpaired) electrons. The SMILES string of the molecule is CNC[C@H]1CCN(Cc2ccc(F)c(C(F)(F)F)c2)C1. The first-order valence-corrected chi connectivity index (χ1v) is 6.62. The zero-order chi connectivity index (χ0) is 14.8. The Morgan fingerprint density at radius 2 is 2.10 bits per heavy atom. The topological polar surface area (TPSA) is 15.3 Å². The third-order valence-electron chi connectivity index (χ3n) is 3.61. The van der Waals surface area contributed by atoms with Crippen LogP contribution in [0.15, 0.2) is 18.2 Å². The van der Waals surface area contributed by atoms with E-state index < -0.39 is 17.6 Å². The van der Waals surface area contributed by atoms with Crippen LogP contribution in [0.5, 0.6) is 0 Å². The van der Waals surface area contributed by atoms with Crippen LogP contribution in [0.1, 0.15) is 17.5 Å². The van der Waals surface area contributed by atoms with Gasteiger partial charge in [-0.3, -0.25) is 4.90 Å². The van der Waals surface area contributed by atoms with Crippen molar-refractivity contribution in [3.8, 4) is 0 Å². The summed E-state index contributed by atoms with van der Waals surface area (Å²) in [5.74, 6) is -0.682. The molecule has 1 aliphatic rings. The lowest BCUT2D eigenvalue weighted by Gasteiger charge is -2.17. The smallest absolute Gasteiger partial charge is 0.319 e. The van der Waals surface area contributed by atoms with Crippen LogP contribution in [0.2, 0.25) is 0 Å². The van der Waals surface area contributed by atoms with Crippen molar-refractivity contribution < 1.29 is 17.6 Å². The van der Waals surface area contributed by atoms with Crippen LogP contribution in [-0.4, -0.2) is 31.6 Å². The van der Waals surface area contributed by atoms with Gasteiger partial charge in [-0.1, -0.05) is 6.07 Å². The second-order valence-electron chi connectivity index (χ2n) is 5.26. The molecule has 0 aliphatic carbocycles. The largest absolute Gasteiger partial charge is 0.419 e. The summed E-state index contributed by atoms with van der Waals surface area (Å²) in [6.45, 7) is 3.07. The van der Waals surface area contributed by atoms with Crippen molar-refractivity contribution in [2.45, 2.75) is 19.1 Å². The van der Waals surface area contributed by atoms with Crippen LogP contribution in [0.4, 0.5) is 17.6 Å². The van der Waals surface area contributed by atoms with E-state index in [2.05, 4.69) is 10.2 Å². The maximum atomic E-state index is 13.2. The van der Waals surface area contributed by atoms with Crippen LogP contribution in [0, 0.1) is 11.7 Å². The van der Waals surface area contributed by atoms with Gasteiger partial charge in [0, 0.05) is 13.1 Å². The number of likely N-dealkylation sites (tertiary alicyclic amines) is 1. The Morgan fingerprint density at radius 3 is 2.75 bits per heavy atom. The van der Waals surface area contributed by atoms with Gasteiger partial charge in [0.1, 0.15) is 5.82 Å². The lowest BCUT2D eigenvalue weighted by Crippen LogP contribution is -2.24. The molecule has 2 rings (SSSR count). The minimum absolute atomic E-state index is 0.434. The standard InChI is InChI=1S/C14H18F4N2/c1-19-7-11-4-5-20(9-11)8-10-2-3-13(15)12(6-10)14(16,17)18/h2-3,6,11,19H,4-5,7-9H2,1H3/t11-/m1/s1. The number of hydrogen-bond donors (Lipinski definition) is 1. The predicted octanol–water partition coefficient (Wildman–Crippen LogP) is 2.89. The zero-order valence-electron chi connectivity index (χ0n) is 11.3. The second-order valence-corrected chi connectivity index (χ2v) is 5.26. The molecular weight excluding hydrogens is 272 g/mol. The summed E-state index contributed by atoms with van der Waals surface area (Å²) in [4.78, 5) is 2.11. The molecule has 0 amide bonds. The van der Waals surface area contributed by atoms with Crippen molar-refractivity contribution in [1.82, 2.24) is 10.2 Å². The van der Waals surface area contributed by atoms with Gasteiger partial charge in [-0.2, -0.15) is 13.2 Å². The molecule has 1 saturated heterocycles. The van der Waals surface area contributed by atoms with Gasteiger partial charge in [-0.05, 0) is 50.2 Å². The van der Waals surface area contributed by atoms with E-state index >= 15 is 0 Å². The fourth-order valence-electron chi connectivity index (χ4n) is 2.66. The minimum Gasteiger partial charge on any atom is -0.319 e. The molecule has 1 aromatic carbocycles. The van der Waals surface area contributed by atoms with Crippen molar-refractivity contribution >= 4 is 0 Å². The Bertz CT molecular complexity index is 459. The maximum Gasteiger partial charge on any atom is 0.419 e. The minimum atomic E-state index is -4.64. The van der Waals surface area contributed by atoms with E-state index in [1.54, 1.807) is 0 Å². The summed E-state index contributed by atoms with van der Waals surface area (Å²) in [6.07, 6.45) is -3.60. The molecule has 1 atom stereocenters. The maximum absolute atomic E-state index is 13.2. The molecule has 112 valence electrons. The number of nitrogens with one attached hydrogen (secondary N) is 1. The molecule has 6 heteroatoms. The van der Waals surface area contributed by atoms with E-state index in [0.29, 0.717) is 18.0 Å². The number of hydrogen-bond acceptors (Lipinski definition) is 2. The van der Waals surface area contributed by atoms with Crippen LogP contribution in [0.25, 0.3) is 0 Å². The predicted molar refractivity (Wildman–Crippen MR) is 68.7 cm³/mol. The summed E-state index contributed by atoms with van der Waals surface area (Å²) in [5.41, 5.74) is -0.676. The molecule has 2 nitrogen and oxygen atoms in total. The summed E-state index contributed by atoms with van der Waals surface area (Å²) in [6, 6.07) is 3.25. The first kappa shape index (κ1) is 15.3. The van der Waals surface area contributed by atoms with E-state index in [1.807, 2.05) is 7.05 Å². The van der Waals surface area contributed by atoms with Crippen molar-refractivity contribution in [1.29, 1.82) is 0 Å². The molecule has 0 unspecified atom stereocenters. The normalized spacial score (nSPS) is 20.6. The Balaban J connectivity index is 2.04. The highest BCUT2D eigenvalue weighted by Crippen LogP contribution is 2.32. The average Bonchev–Trinajstić information content (AvgIpc) is 2.78. The fourth-order valence-corrected chi connectivity index (χ4v) is 2.66. The molecule has 0 spiro atoms. The van der Waals surface area contributed by atoms with Gasteiger partial charge < -0.3 is 5.32 Å². The lowest BCUT2D eigenvalue weighted by molar-refractivity contribution is -0.140. The summed E-state index contributed by atoms with van der Waals surface area (Å²) >= 11 is 0. The van der Waals surface area contributed by atoms with E-state index in [9.17, 15) is 17.6 Å². The van der Waals surface area contributed by atoms with E-state index in [1.165, 1.54) is 6.07 Å². The molecule has 20 heavy (non-hydrogen) atoms. The molecule has 0 bridgehead atoms. The van der Waals surface area contributed by atoms with E-state index in [4.69, 9.17) is 0 Å². The van der Waals surface area contributed by atoms with Gasteiger partial charge in [0.2, 0.25) is 0 Å². The van der Waals surface area contributed by atoms with Crippen LogP contribution < -0.4 is 5.32 Å². The van der Waals surface area contributed by atoms with Gasteiger partial charge in [0.05, 0.1) is 5.56 Å². The lowest BCUT2D eigenvalue weighted by atomic mass is 10.1. The molecule has 0 saturated carbocycles. The van der Waals surface area contributed by atoms with Crippen molar-refractivity contribution in [2.24, 2.45) is 5.92 Å². The number of halogens is 4. The number of nitrogens with zero attached hydrogens (tertiary/aromatic N) is 1. The van der Waals surface area contributed by atoms with Gasteiger partial charge in [-0.25, -0.2) is 4.39 Å². The highest BCUT2D eigenvalue weighted by Gasteiger charge is 2.34. The summed E-state index contributed by atoms with van der Waals surface area (Å²) < 4.78 is 51.1. The molecule has 1 aromatic rings. The number of rotatable bonds is 4. The molecule has 0 aromatic heterocycles. The Kier molecular flexibility index (Phi) is 4.65. The monoisotopic (exact) mass is 290 g/mol. The molecule has 1 aliphatic heterocycles. The molecular formula is C14H18F4N2. The molecule has 1 fully saturated rings. The van der Waals surface area contributed by atoms with Gasteiger partial charge >= 0.3 is 6.18 Å². The highest BCUT2D eigenvalue weighted by molar-refractivity contribution is 5.27. The van der Waals surface area contributed by atoms with E-state index in [0.717, 1.165) is 38.2 Å². The van der Waals surface area contributed by atoms with Crippen LogP contribution >= 0.6 is 0 Å².